The molecule has 2 aromatic rings. The third-order valence-electron chi connectivity index (χ3n) is 5.66. The van der Waals surface area contributed by atoms with E-state index in [4.69, 9.17) is 4.74 Å². The Labute approximate surface area is 192 Å². The van der Waals surface area contributed by atoms with Crippen LogP contribution in [0.15, 0.2) is 59.8 Å². The lowest BCUT2D eigenvalue weighted by atomic mass is 9.81. The summed E-state index contributed by atoms with van der Waals surface area (Å²) in [5.74, 6) is -2.01. The number of aryl methyl sites for hydroxylation is 1. The lowest BCUT2D eigenvalue weighted by molar-refractivity contribution is -0.143. The maximum absolute atomic E-state index is 13.8. The molecule has 1 heterocycles. The van der Waals surface area contributed by atoms with Crippen LogP contribution in [0.2, 0.25) is 0 Å². The van der Waals surface area contributed by atoms with Crippen LogP contribution < -0.4 is 0 Å². The summed E-state index contributed by atoms with van der Waals surface area (Å²) in [6.45, 7) is 7.64. The van der Waals surface area contributed by atoms with E-state index in [-0.39, 0.29) is 42.5 Å². The van der Waals surface area contributed by atoms with Crippen LogP contribution in [0.1, 0.15) is 55.4 Å². The molecule has 0 spiro atoms. The van der Waals surface area contributed by atoms with Gasteiger partial charge in [0.05, 0.1) is 24.3 Å². The number of hydrogen-bond acceptors (Lipinski definition) is 3. The van der Waals surface area contributed by atoms with E-state index in [1.807, 2.05) is 45.0 Å². The van der Waals surface area contributed by atoms with Gasteiger partial charge < -0.3 is 9.64 Å². The Bertz CT molecular complexity index is 1070. The topological polar surface area (TPSA) is 46.6 Å². The number of ether oxygens (including phenoxy) is 1. The zero-order valence-corrected chi connectivity index (χ0v) is 19.2. The van der Waals surface area contributed by atoms with Crippen LogP contribution in [-0.4, -0.2) is 23.4 Å². The molecule has 0 fully saturated rings. The van der Waals surface area contributed by atoms with Crippen molar-refractivity contribution in [2.24, 2.45) is 5.92 Å². The van der Waals surface area contributed by atoms with Gasteiger partial charge in [-0.25, -0.2) is 4.79 Å². The van der Waals surface area contributed by atoms with Gasteiger partial charge in [-0.3, -0.25) is 4.79 Å². The van der Waals surface area contributed by atoms with Crippen LogP contribution in [0.25, 0.3) is 0 Å². The molecule has 2 aromatic carbocycles. The summed E-state index contributed by atoms with van der Waals surface area (Å²) in [5, 5.41) is 0. The first kappa shape index (κ1) is 24.6. The van der Waals surface area contributed by atoms with E-state index >= 15 is 0 Å². The Kier molecular flexibility index (Phi) is 7.30. The molecule has 0 N–H and O–H groups in total. The Balaban J connectivity index is 2.10. The monoisotopic (exact) mass is 459 g/mol. The van der Waals surface area contributed by atoms with Gasteiger partial charge in [-0.1, -0.05) is 61.9 Å². The number of carbonyl (C=O) groups is 2. The summed E-state index contributed by atoms with van der Waals surface area (Å²) < 4.78 is 46.7. The molecule has 4 nitrogen and oxygen atoms in total. The van der Waals surface area contributed by atoms with E-state index in [1.165, 1.54) is 23.1 Å². The number of amides is 1. The van der Waals surface area contributed by atoms with E-state index < -0.39 is 23.6 Å². The molecule has 176 valence electrons. The first-order valence-electron chi connectivity index (χ1n) is 10.9. The highest BCUT2D eigenvalue weighted by molar-refractivity contribution is 5.96. The van der Waals surface area contributed by atoms with E-state index in [9.17, 15) is 22.8 Å². The lowest BCUT2D eigenvalue weighted by Gasteiger charge is -2.35. The van der Waals surface area contributed by atoms with Crippen LogP contribution in [0, 0.1) is 12.8 Å². The molecule has 7 heteroatoms. The summed E-state index contributed by atoms with van der Waals surface area (Å²) in [5.41, 5.74) is 1.36. The molecule has 3 rings (SSSR count). The van der Waals surface area contributed by atoms with Gasteiger partial charge in [-0.05, 0) is 37.0 Å². The van der Waals surface area contributed by atoms with Crippen LogP contribution in [0.4, 0.5) is 13.2 Å². The Morgan fingerprint density at radius 1 is 1.12 bits per heavy atom. The fourth-order valence-corrected chi connectivity index (χ4v) is 4.11. The summed E-state index contributed by atoms with van der Waals surface area (Å²) in [7, 11) is 0. The number of nitrogens with zero attached hydrogens (tertiary/aromatic N) is 1. The molecular weight excluding hydrogens is 431 g/mol. The summed E-state index contributed by atoms with van der Waals surface area (Å²) in [6, 6.07) is 12.7. The van der Waals surface area contributed by atoms with Crippen LogP contribution in [0.5, 0.6) is 0 Å². The van der Waals surface area contributed by atoms with Crippen molar-refractivity contribution in [2.45, 2.75) is 52.8 Å². The Morgan fingerprint density at radius 3 is 2.45 bits per heavy atom. The van der Waals surface area contributed by atoms with Gasteiger partial charge in [0, 0.05) is 18.0 Å². The van der Waals surface area contributed by atoms with E-state index in [0.717, 1.165) is 17.2 Å². The lowest BCUT2D eigenvalue weighted by Crippen LogP contribution is -2.38. The fourth-order valence-electron chi connectivity index (χ4n) is 4.11. The van der Waals surface area contributed by atoms with Gasteiger partial charge >= 0.3 is 12.1 Å². The highest BCUT2D eigenvalue weighted by Crippen LogP contribution is 2.43. The number of rotatable bonds is 6. The van der Waals surface area contributed by atoms with Gasteiger partial charge in [-0.15, -0.1) is 0 Å². The molecule has 1 aliphatic heterocycles. The predicted octanol–water partition coefficient (Wildman–Crippen LogP) is 6.00. The summed E-state index contributed by atoms with van der Waals surface area (Å²) in [4.78, 5) is 27.7. The van der Waals surface area contributed by atoms with Crippen molar-refractivity contribution < 1.29 is 27.5 Å². The number of halogens is 3. The van der Waals surface area contributed by atoms with Crippen molar-refractivity contribution in [1.29, 1.82) is 0 Å². The second-order valence-electron chi connectivity index (χ2n) is 8.80. The van der Waals surface area contributed by atoms with Gasteiger partial charge in [0.2, 0.25) is 5.91 Å². The van der Waals surface area contributed by atoms with E-state index in [1.54, 1.807) is 6.92 Å². The molecule has 1 aliphatic rings. The van der Waals surface area contributed by atoms with Gasteiger partial charge in [0.15, 0.2) is 0 Å². The number of allylic oxidation sites excluding steroid dienone is 1. The van der Waals surface area contributed by atoms with Crippen molar-refractivity contribution in [3.8, 4) is 0 Å². The van der Waals surface area contributed by atoms with Crippen LogP contribution >= 0.6 is 0 Å². The maximum atomic E-state index is 13.8. The molecular formula is C26H28F3NO3. The third-order valence-corrected chi connectivity index (χ3v) is 5.66. The largest absolute Gasteiger partial charge is 0.462 e. The SMILES string of the molecule is CC1=C(C(=O)OCC(C)C)[C@H](c2ccccc2C(F)(F)F)CC(=O)N1Cc1cccc(C)c1. The highest BCUT2D eigenvalue weighted by atomic mass is 19.4. The Hall–Kier alpha value is -3.09. The molecule has 0 aliphatic carbocycles. The minimum Gasteiger partial charge on any atom is -0.462 e. The van der Waals surface area contributed by atoms with Crippen molar-refractivity contribution in [3.05, 3.63) is 82.1 Å². The van der Waals surface area contributed by atoms with E-state index in [2.05, 4.69) is 0 Å². The summed E-state index contributed by atoms with van der Waals surface area (Å²) >= 11 is 0. The molecule has 0 aromatic heterocycles. The smallest absolute Gasteiger partial charge is 0.416 e. The van der Waals surface area contributed by atoms with Gasteiger partial charge in [0.25, 0.3) is 0 Å². The zero-order valence-electron chi connectivity index (χ0n) is 19.2. The fraction of sp³-hybridized carbons (Fsp3) is 0.385. The maximum Gasteiger partial charge on any atom is 0.416 e. The van der Waals surface area contributed by atoms with Gasteiger partial charge in [-0.2, -0.15) is 13.2 Å². The third kappa shape index (κ3) is 5.64. The second kappa shape index (κ2) is 9.81. The predicted molar refractivity (Wildman–Crippen MR) is 119 cm³/mol. The quantitative estimate of drug-likeness (QED) is 0.498. The van der Waals surface area contributed by atoms with Crippen molar-refractivity contribution in [2.75, 3.05) is 6.61 Å². The van der Waals surface area contributed by atoms with Crippen molar-refractivity contribution in [1.82, 2.24) is 4.90 Å². The molecule has 0 unspecified atom stereocenters. The molecule has 1 atom stereocenters. The van der Waals surface area contributed by atoms with Crippen LogP contribution in [0.3, 0.4) is 0 Å². The standard InChI is InChI=1S/C26H28F3NO3/c1-16(2)15-33-25(32)24-18(4)30(14-19-9-7-8-17(3)12-19)23(31)13-21(24)20-10-5-6-11-22(20)26(27,28)29/h5-12,16,21H,13-15H2,1-4H3/t21-/m0/s1. The molecule has 0 radical (unpaired) electrons. The van der Waals surface area contributed by atoms with Crippen LogP contribution in [-0.2, 0) is 27.0 Å². The minimum atomic E-state index is -4.61. The van der Waals surface area contributed by atoms with Crippen molar-refractivity contribution >= 4 is 11.9 Å². The number of alkyl halides is 3. The second-order valence-corrected chi connectivity index (χ2v) is 8.80. The average molecular weight is 460 g/mol. The number of esters is 1. The Morgan fingerprint density at radius 2 is 1.82 bits per heavy atom. The number of benzene rings is 2. The van der Waals surface area contributed by atoms with E-state index in [0.29, 0.717) is 5.70 Å². The number of hydrogen-bond donors (Lipinski definition) is 0. The average Bonchev–Trinajstić information content (AvgIpc) is 2.74. The molecule has 0 saturated heterocycles. The van der Waals surface area contributed by atoms with Gasteiger partial charge in [0.1, 0.15) is 0 Å². The first-order chi connectivity index (χ1) is 15.5. The zero-order chi connectivity index (χ0) is 24.3. The molecule has 33 heavy (non-hydrogen) atoms. The highest BCUT2D eigenvalue weighted by Gasteiger charge is 2.42. The molecule has 0 saturated carbocycles. The first-order valence-corrected chi connectivity index (χ1v) is 10.9. The molecule has 1 amide bonds. The minimum absolute atomic E-state index is 0.0596. The van der Waals surface area contributed by atoms with Crippen molar-refractivity contribution in [3.63, 3.8) is 0 Å². The normalized spacial score (nSPS) is 17.0. The number of carbonyl (C=O) groups excluding carboxylic acids is 2. The summed E-state index contributed by atoms with van der Waals surface area (Å²) in [6.07, 6.45) is -4.86. The molecule has 0 bridgehead atoms.